The lowest BCUT2D eigenvalue weighted by Gasteiger charge is -2.10. The second-order valence-corrected chi connectivity index (χ2v) is 7.10. The van der Waals surface area contributed by atoms with Crippen molar-refractivity contribution in [2.24, 2.45) is 0 Å². The van der Waals surface area contributed by atoms with E-state index in [-0.39, 0.29) is 17.5 Å². The summed E-state index contributed by atoms with van der Waals surface area (Å²) in [6.07, 6.45) is 0.576. The molecular formula is C12H14N4O2S. The van der Waals surface area contributed by atoms with Crippen molar-refractivity contribution in [3.63, 3.8) is 0 Å². The molecule has 7 heteroatoms. The third kappa shape index (κ3) is 2.37. The number of sulfone groups is 1. The van der Waals surface area contributed by atoms with Gasteiger partial charge in [0.2, 0.25) is 0 Å². The van der Waals surface area contributed by atoms with Gasteiger partial charge in [-0.25, -0.2) is 13.1 Å². The molecule has 19 heavy (non-hydrogen) atoms. The Morgan fingerprint density at radius 2 is 2.00 bits per heavy atom. The van der Waals surface area contributed by atoms with Crippen molar-refractivity contribution in [1.29, 1.82) is 0 Å². The molecule has 0 spiro atoms. The van der Waals surface area contributed by atoms with E-state index >= 15 is 0 Å². The first-order valence-electron chi connectivity index (χ1n) is 6.10. The van der Waals surface area contributed by atoms with Crippen LogP contribution in [-0.2, 0) is 9.84 Å². The molecule has 3 rings (SSSR count). The van der Waals surface area contributed by atoms with Gasteiger partial charge in [-0.15, -0.1) is 5.10 Å². The number of hydrogen-bond acceptors (Lipinski definition) is 5. The van der Waals surface area contributed by atoms with Crippen LogP contribution < -0.4 is 0 Å². The first-order valence-corrected chi connectivity index (χ1v) is 7.93. The van der Waals surface area contributed by atoms with Gasteiger partial charge in [0, 0.05) is 5.56 Å². The minimum Gasteiger partial charge on any atom is -0.229 e. The number of benzene rings is 1. The van der Waals surface area contributed by atoms with Crippen molar-refractivity contribution in [2.45, 2.75) is 19.4 Å². The number of aromatic nitrogens is 4. The van der Waals surface area contributed by atoms with Gasteiger partial charge in [-0.1, -0.05) is 29.8 Å². The topological polar surface area (TPSA) is 77.7 Å². The van der Waals surface area contributed by atoms with Crippen LogP contribution in [0.15, 0.2) is 24.3 Å². The van der Waals surface area contributed by atoms with E-state index < -0.39 is 9.84 Å². The molecule has 0 bridgehead atoms. The number of hydrogen-bond donors (Lipinski definition) is 0. The van der Waals surface area contributed by atoms with E-state index in [1.165, 1.54) is 0 Å². The average molecular weight is 278 g/mol. The van der Waals surface area contributed by atoms with Crippen LogP contribution in [0.5, 0.6) is 0 Å². The van der Waals surface area contributed by atoms with Crippen LogP contribution in [-0.4, -0.2) is 40.1 Å². The fraction of sp³-hybridized carbons (Fsp3) is 0.417. The maximum Gasteiger partial charge on any atom is 0.182 e. The van der Waals surface area contributed by atoms with Crippen LogP contribution in [0.1, 0.15) is 18.0 Å². The molecule has 6 nitrogen and oxygen atoms in total. The van der Waals surface area contributed by atoms with E-state index in [2.05, 4.69) is 15.5 Å². The van der Waals surface area contributed by atoms with E-state index in [0.717, 1.165) is 11.1 Å². The molecule has 1 aliphatic rings. The molecule has 2 heterocycles. The smallest absolute Gasteiger partial charge is 0.182 e. The van der Waals surface area contributed by atoms with E-state index in [1.54, 1.807) is 4.68 Å². The summed E-state index contributed by atoms with van der Waals surface area (Å²) in [6.45, 7) is 2.01. The van der Waals surface area contributed by atoms with E-state index in [9.17, 15) is 8.42 Å². The standard InChI is InChI=1S/C12H14N4O2S/c1-9-2-4-10(5-3-9)12-13-14-15-16(12)11-6-7-19(17,18)8-11/h2-5,11H,6-8H2,1H3/t11-/m0/s1. The van der Waals surface area contributed by atoms with Gasteiger partial charge in [-0.3, -0.25) is 0 Å². The molecular weight excluding hydrogens is 264 g/mol. The van der Waals surface area contributed by atoms with Crippen LogP contribution in [0.4, 0.5) is 0 Å². The maximum atomic E-state index is 11.5. The second kappa shape index (κ2) is 4.41. The lowest BCUT2D eigenvalue weighted by molar-refractivity contribution is 0.489. The summed E-state index contributed by atoms with van der Waals surface area (Å²) >= 11 is 0. The summed E-state index contributed by atoms with van der Waals surface area (Å²) in [5.74, 6) is 0.962. The number of rotatable bonds is 2. The Hall–Kier alpha value is -1.76. The minimum absolute atomic E-state index is 0.122. The molecule has 0 N–H and O–H groups in total. The summed E-state index contributed by atoms with van der Waals surface area (Å²) in [5.41, 5.74) is 2.06. The normalized spacial score (nSPS) is 21.6. The van der Waals surface area contributed by atoms with Crippen molar-refractivity contribution in [3.8, 4) is 11.4 Å². The molecule has 1 atom stereocenters. The largest absolute Gasteiger partial charge is 0.229 e. The van der Waals surface area contributed by atoms with Gasteiger partial charge in [-0.05, 0) is 23.8 Å². The predicted octanol–water partition coefficient (Wildman–Crippen LogP) is 1.01. The SMILES string of the molecule is Cc1ccc(-c2nnnn2[C@H]2CCS(=O)(=O)C2)cc1. The molecule has 1 aromatic carbocycles. The summed E-state index contributed by atoms with van der Waals surface area (Å²) in [7, 11) is -2.94. The van der Waals surface area contributed by atoms with Crippen molar-refractivity contribution in [3.05, 3.63) is 29.8 Å². The fourth-order valence-corrected chi connectivity index (χ4v) is 3.99. The van der Waals surface area contributed by atoms with Crippen LogP contribution >= 0.6 is 0 Å². The highest BCUT2D eigenvalue weighted by Crippen LogP contribution is 2.27. The predicted molar refractivity (Wildman–Crippen MR) is 70.3 cm³/mol. The molecule has 0 unspecified atom stereocenters. The molecule has 100 valence electrons. The van der Waals surface area contributed by atoms with Gasteiger partial charge in [0.15, 0.2) is 15.7 Å². The fourth-order valence-electron chi connectivity index (χ4n) is 2.30. The maximum absolute atomic E-state index is 11.5. The molecule has 2 aromatic rings. The lowest BCUT2D eigenvalue weighted by atomic mass is 10.1. The van der Waals surface area contributed by atoms with Crippen LogP contribution in [0.25, 0.3) is 11.4 Å². The first kappa shape index (κ1) is 12.3. The number of tetrazole rings is 1. The summed E-state index contributed by atoms with van der Waals surface area (Å²) in [4.78, 5) is 0. The van der Waals surface area contributed by atoms with Gasteiger partial charge in [-0.2, -0.15) is 0 Å². The van der Waals surface area contributed by atoms with Crippen LogP contribution in [0.3, 0.4) is 0 Å². The third-order valence-corrected chi connectivity index (χ3v) is 5.11. The second-order valence-electron chi connectivity index (χ2n) is 4.87. The number of aryl methyl sites for hydroxylation is 1. The van der Waals surface area contributed by atoms with Gasteiger partial charge in [0.1, 0.15) is 0 Å². The Labute approximate surface area is 111 Å². The Balaban J connectivity index is 1.97. The highest BCUT2D eigenvalue weighted by molar-refractivity contribution is 7.91. The van der Waals surface area contributed by atoms with Crippen molar-refractivity contribution >= 4 is 9.84 Å². The molecule has 1 fully saturated rings. The molecule has 1 aromatic heterocycles. The Kier molecular flexibility index (Phi) is 2.85. The van der Waals surface area contributed by atoms with E-state index in [4.69, 9.17) is 0 Å². The molecule has 1 aliphatic heterocycles. The van der Waals surface area contributed by atoms with Crippen molar-refractivity contribution in [1.82, 2.24) is 20.2 Å². The van der Waals surface area contributed by atoms with Gasteiger partial charge in [0.05, 0.1) is 17.5 Å². The Morgan fingerprint density at radius 1 is 1.26 bits per heavy atom. The van der Waals surface area contributed by atoms with Gasteiger partial charge in [0.25, 0.3) is 0 Å². The quantitative estimate of drug-likeness (QED) is 0.819. The van der Waals surface area contributed by atoms with Gasteiger partial charge >= 0.3 is 0 Å². The Bertz CT molecular complexity index is 691. The zero-order chi connectivity index (χ0) is 13.5. The summed E-state index contributed by atoms with van der Waals surface area (Å²) < 4.78 is 24.7. The zero-order valence-electron chi connectivity index (χ0n) is 10.5. The van der Waals surface area contributed by atoms with E-state index in [1.807, 2.05) is 31.2 Å². The summed E-state index contributed by atoms with van der Waals surface area (Å²) in [5, 5.41) is 11.7. The molecule has 0 saturated carbocycles. The van der Waals surface area contributed by atoms with Gasteiger partial charge < -0.3 is 0 Å². The average Bonchev–Trinajstić information content (AvgIpc) is 2.96. The molecule has 0 amide bonds. The molecule has 0 aliphatic carbocycles. The van der Waals surface area contributed by atoms with Crippen molar-refractivity contribution in [2.75, 3.05) is 11.5 Å². The summed E-state index contributed by atoms with van der Waals surface area (Å²) in [6, 6.07) is 7.71. The lowest BCUT2D eigenvalue weighted by Crippen LogP contribution is -2.14. The third-order valence-electron chi connectivity index (χ3n) is 3.36. The minimum atomic E-state index is -2.94. The van der Waals surface area contributed by atoms with Crippen molar-refractivity contribution < 1.29 is 8.42 Å². The first-order chi connectivity index (χ1) is 9.05. The van der Waals surface area contributed by atoms with E-state index in [0.29, 0.717) is 12.2 Å². The number of nitrogens with zero attached hydrogens (tertiary/aromatic N) is 4. The Morgan fingerprint density at radius 3 is 2.63 bits per heavy atom. The molecule has 1 saturated heterocycles. The van der Waals surface area contributed by atoms with Crippen LogP contribution in [0, 0.1) is 6.92 Å². The highest BCUT2D eigenvalue weighted by Gasteiger charge is 2.31. The highest BCUT2D eigenvalue weighted by atomic mass is 32.2. The monoisotopic (exact) mass is 278 g/mol. The van der Waals surface area contributed by atoms with Crippen LogP contribution in [0.2, 0.25) is 0 Å². The molecule has 0 radical (unpaired) electrons. The zero-order valence-corrected chi connectivity index (χ0v) is 11.3.